The summed E-state index contributed by atoms with van der Waals surface area (Å²) in [7, 11) is 0. The van der Waals surface area contributed by atoms with Crippen molar-refractivity contribution in [3.63, 3.8) is 0 Å². The maximum atomic E-state index is 10.6. The van der Waals surface area contributed by atoms with E-state index in [1.54, 1.807) is 6.07 Å². The van der Waals surface area contributed by atoms with Crippen molar-refractivity contribution in [2.45, 2.75) is 38.5 Å². The van der Waals surface area contributed by atoms with Crippen molar-refractivity contribution < 1.29 is 10.2 Å². The largest absolute Gasteiger partial charge is 0.508 e. The molecule has 5 nitrogen and oxygen atoms in total. The van der Waals surface area contributed by atoms with Crippen LogP contribution in [0.5, 0.6) is 5.75 Å². The molecule has 0 amide bonds. The van der Waals surface area contributed by atoms with Gasteiger partial charge in [0.05, 0.1) is 18.3 Å². The van der Waals surface area contributed by atoms with Gasteiger partial charge in [0, 0.05) is 25.8 Å². The smallest absolute Gasteiger partial charge is 0.115 e. The lowest BCUT2D eigenvalue weighted by molar-refractivity contribution is 0.0306. The zero-order valence-corrected chi connectivity index (χ0v) is 14.0. The number of phenolic OH excluding ortho intramolecular Hbond substituents is 1. The Hall–Kier alpha value is -1.85. The van der Waals surface area contributed by atoms with Crippen LogP contribution < -0.4 is 0 Å². The molecule has 0 unspecified atom stereocenters. The molecule has 0 bridgehead atoms. The molecule has 2 fully saturated rings. The van der Waals surface area contributed by atoms with Crippen molar-refractivity contribution in [3.8, 4) is 5.75 Å². The van der Waals surface area contributed by atoms with E-state index in [1.165, 1.54) is 0 Å². The highest BCUT2D eigenvalue weighted by molar-refractivity contribution is 5.27. The summed E-state index contributed by atoms with van der Waals surface area (Å²) in [5.74, 6) is 1.50. The van der Waals surface area contributed by atoms with E-state index in [0.29, 0.717) is 17.6 Å². The number of rotatable bonds is 3. The standard InChI is InChI=1S/C19H25N3O2/c1-13-8-20-22(9-13)18-6-15-11-21(12-16(15)7-19(18)24)10-14-3-2-4-17(23)5-14/h2-5,8-9,15-16,18-19,23-24H,6-7,10-12H2,1H3/t15-,16+,18-,19-/m0/s1. The molecule has 128 valence electrons. The molecule has 2 aromatic rings. The van der Waals surface area contributed by atoms with E-state index in [1.807, 2.05) is 36.1 Å². The van der Waals surface area contributed by atoms with E-state index in [9.17, 15) is 10.2 Å². The van der Waals surface area contributed by atoms with Gasteiger partial charge in [-0.15, -0.1) is 0 Å². The van der Waals surface area contributed by atoms with Gasteiger partial charge in [-0.25, -0.2) is 0 Å². The van der Waals surface area contributed by atoms with Gasteiger partial charge in [-0.3, -0.25) is 9.58 Å². The van der Waals surface area contributed by atoms with Crippen LogP contribution in [0.2, 0.25) is 0 Å². The van der Waals surface area contributed by atoms with Gasteiger partial charge in [-0.1, -0.05) is 12.1 Å². The second-order valence-electron chi connectivity index (χ2n) is 7.49. The zero-order valence-electron chi connectivity index (χ0n) is 14.0. The number of aromatic nitrogens is 2. The predicted molar refractivity (Wildman–Crippen MR) is 91.6 cm³/mol. The summed E-state index contributed by atoms with van der Waals surface area (Å²) < 4.78 is 1.95. The van der Waals surface area contributed by atoms with E-state index in [4.69, 9.17) is 0 Å². The number of aliphatic hydroxyl groups is 1. The molecular formula is C19H25N3O2. The molecule has 4 atom stereocenters. The minimum absolute atomic E-state index is 0.0978. The van der Waals surface area contributed by atoms with Crippen LogP contribution >= 0.6 is 0 Å². The molecule has 1 aliphatic heterocycles. The predicted octanol–water partition coefficient (Wildman–Crippen LogP) is 2.34. The van der Waals surface area contributed by atoms with Crippen molar-refractivity contribution in [2.24, 2.45) is 11.8 Å². The van der Waals surface area contributed by atoms with Crippen LogP contribution in [0.25, 0.3) is 0 Å². The van der Waals surface area contributed by atoms with Gasteiger partial charge < -0.3 is 10.2 Å². The first-order chi connectivity index (χ1) is 11.6. The van der Waals surface area contributed by atoms with Crippen molar-refractivity contribution in [1.82, 2.24) is 14.7 Å². The lowest BCUT2D eigenvalue weighted by Gasteiger charge is -2.35. The Bertz CT molecular complexity index is 714. The second-order valence-corrected chi connectivity index (χ2v) is 7.49. The number of likely N-dealkylation sites (tertiary alicyclic amines) is 1. The molecule has 2 aliphatic rings. The Morgan fingerprint density at radius 3 is 2.71 bits per heavy atom. The van der Waals surface area contributed by atoms with Gasteiger partial charge in [-0.2, -0.15) is 5.10 Å². The molecule has 1 aromatic carbocycles. The highest BCUT2D eigenvalue weighted by Gasteiger charge is 2.42. The van der Waals surface area contributed by atoms with Gasteiger partial charge in [0.15, 0.2) is 0 Å². The molecule has 4 rings (SSSR count). The first-order valence-electron chi connectivity index (χ1n) is 8.77. The van der Waals surface area contributed by atoms with E-state index in [2.05, 4.69) is 16.1 Å². The lowest BCUT2D eigenvalue weighted by atomic mass is 9.77. The third kappa shape index (κ3) is 3.06. The summed E-state index contributed by atoms with van der Waals surface area (Å²) in [6.07, 6.45) is 5.43. The first kappa shape index (κ1) is 15.7. The van der Waals surface area contributed by atoms with E-state index < -0.39 is 0 Å². The molecule has 1 saturated carbocycles. The minimum Gasteiger partial charge on any atom is -0.508 e. The number of aryl methyl sites for hydroxylation is 1. The molecule has 0 spiro atoms. The van der Waals surface area contributed by atoms with Gasteiger partial charge in [-0.05, 0) is 54.9 Å². The van der Waals surface area contributed by atoms with Gasteiger partial charge in [0.25, 0.3) is 0 Å². The number of hydrogen-bond acceptors (Lipinski definition) is 4. The van der Waals surface area contributed by atoms with Crippen molar-refractivity contribution >= 4 is 0 Å². The average molecular weight is 327 g/mol. The number of fused-ring (bicyclic) bond motifs is 1. The highest BCUT2D eigenvalue weighted by Crippen LogP contribution is 2.41. The topological polar surface area (TPSA) is 61.5 Å². The summed E-state index contributed by atoms with van der Waals surface area (Å²) in [5.41, 5.74) is 2.29. The maximum Gasteiger partial charge on any atom is 0.115 e. The number of phenols is 1. The Balaban J connectivity index is 1.43. The molecule has 24 heavy (non-hydrogen) atoms. The minimum atomic E-state index is -0.314. The Labute approximate surface area is 142 Å². The number of benzene rings is 1. The van der Waals surface area contributed by atoms with Crippen molar-refractivity contribution in [3.05, 3.63) is 47.8 Å². The molecule has 1 aromatic heterocycles. The fourth-order valence-corrected chi connectivity index (χ4v) is 4.45. The van der Waals surface area contributed by atoms with Crippen molar-refractivity contribution in [2.75, 3.05) is 13.1 Å². The Kier molecular flexibility index (Phi) is 4.06. The third-order valence-electron chi connectivity index (χ3n) is 5.57. The van der Waals surface area contributed by atoms with Crippen LogP contribution in [-0.2, 0) is 6.54 Å². The first-order valence-corrected chi connectivity index (χ1v) is 8.77. The zero-order chi connectivity index (χ0) is 16.7. The maximum absolute atomic E-state index is 10.6. The Morgan fingerprint density at radius 1 is 1.21 bits per heavy atom. The quantitative estimate of drug-likeness (QED) is 0.908. The summed E-state index contributed by atoms with van der Waals surface area (Å²) in [5, 5.41) is 24.6. The monoisotopic (exact) mass is 327 g/mol. The van der Waals surface area contributed by atoms with Crippen LogP contribution in [0.3, 0.4) is 0 Å². The van der Waals surface area contributed by atoms with Crippen LogP contribution in [0.4, 0.5) is 0 Å². The summed E-state index contributed by atoms with van der Waals surface area (Å²) >= 11 is 0. The lowest BCUT2D eigenvalue weighted by Crippen LogP contribution is -2.36. The average Bonchev–Trinajstić information content (AvgIpc) is 3.12. The van der Waals surface area contributed by atoms with E-state index >= 15 is 0 Å². The second kappa shape index (κ2) is 6.22. The molecule has 5 heteroatoms. The Morgan fingerprint density at radius 2 is 2.00 bits per heavy atom. The molecular weight excluding hydrogens is 302 g/mol. The summed E-state index contributed by atoms with van der Waals surface area (Å²) in [4.78, 5) is 2.45. The fraction of sp³-hybridized carbons (Fsp3) is 0.526. The number of aliphatic hydroxyl groups excluding tert-OH is 1. The summed E-state index contributed by atoms with van der Waals surface area (Å²) in [6, 6.07) is 7.60. The van der Waals surface area contributed by atoms with Gasteiger partial charge in [0.2, 0.25) is 0 Å². The van der Waals surface area contributed by atoms with Crippen LogP contribution in [0.1, 0.15) is 30.0 Å². The van der Waals surface area contributed by atoms with Crippen LogP contribution in [0.15, 0.2) is 36.7 Å². The molecule has 1 aliphatic carbocycles. The van der Waals surface area contributed by atoms with E-state index in [0.717, 1.165) is 43.6 Å². The number of aromatic hydroxyl groups is 1. The van der Waals surface area contributed by atoms with Gasteiger partial charge in [0.1, 0.15) is 5.75 Å². The normalized spacial score (nSPS) is 30.4. The van der Waals surface area contributed by atoms with E-state index in [-0.39, 0.29) is 12.1 Å². The fourth-order valence-electron chi connectivity index (χ4n) is 4.45. The van der Waals surface area contributed by atoms with Crippen molar-refractivity contribution in [1.29, 1.82) is 0 Å². The van der Waals surface area contributed by atoms with Crippen LogP contribution in [-0.4, -0.2) is 44.1 Å². The molecule has 0 radical (unpaired) electrons. The van der Waals surface area contributed by atoms with Crippen LogP contribution in [0, 0.1) is 18.8 Å². The summed E-state index contributed by atoms with van der Waals surface area (Å²) in [6.45, 7) is 4.99. The van der Waals surface area contributed by atoms with Gasteiger partial charge >= 0.3 is 0 Å². The third-order valence-corrected chi connectivity index (χ3v) is 5.57. The molecule has 2 N–H and O–H groups in total. The molecule has 2 heterocycles. The SMILES string of the molecule is Cc1cnn([C@H]2C[C@H]3CN(Cc4cccc(O)c4)C[C@H]3C[C@@H]2O)c1. The molecule has 1 saturated heterocycles. The number of hydrogen-bond donors (Lipinski definition) is 2. The highest BCUT2D eigenvalue weighted by atomic mass is 16.3. The number of nitrogens with zero attached hydrogens (tertiary/aromatic N) is 3.